The van der Waals surface area contributed by atoms with Crippen LogP contribution in [0, 0.1) is 0 Å². The molecule has 5 rings (SSSR count). The fraction of sp³-hybridized carbons (Fsp3) is 0.391. The van der Waals surface area contributed by atoms with Gasteiger partial charge in [-0.2, -0.15) is 13.2 Å². The van der Waals surface area contributed by atoms with Gasteiger partial charge < -0.3 is 10.2 Å². The van der Waals surface area contributed by atoms with Crippen molar-refractivity contribution in [2.45, 2.75) is 43.1 Å². The predicted octanol–water partition coefficient (Wildman–Crippen LogP) is 5.02. The van der Waals surface area contributed by atoms with E-state index in [1.807, 2.05) is 21.6 Å². The highest BCUT2D eigenvalue weighted by Crippen LogP contribution is 2.41. The number of alkyl halides is 3. The Morgan fingerprint density at radius 3 is 2.50 bits per heavy atom. The second-order valence-corrected chi connectivity index (χ2v) is 9.35. The SMILES string of the molecule is O=C(CSc1nnc(-c2ccncc2)n1C1CC1)Nc1cc(C(F)(F)F)ccc1N1CCCC1. The molecule has 3 heterocycles. The molecule has 1 aromatic carbocycles. The third-order valence-corrected chi connectivity index (χ3v) is 6.84. The van der Waals surface area contributed by atoms with Crippen molar-refractivity contribution in [3.05, 3.63) is 48.3 Å². The van der Waals surface area contributed by atoms with Crippen molar-refractivity contribution in [3.63, 3.8) is 0 Å². The van der Waals surface area contributed by atoms with Crippen LogP contribution >= 0.6 is 11.8 Å². The number of hydrogen-bond acceptors (Lipinski definition) is 6. The van der Waals surface area contributed by atoms with Crippen LogP contribution < -0.4 is 10.2 Å². The Labute approximate surface area is 198 Å². The third kappa shape index (κ3) is 4.89. The lowest BCUT2D eigenvalue weighted by Crippen LogP contribution is -2.22. The van der Waals surface area contributed by atoms with Crippen molar-refractivity contribution in [1.29, 1.82) is 0 Å². The summed E-state index contributed by atoms with van der Waals surface area (Å²) in [6.07, 6.45) is 2.87. The molecule has 1 amide bonds. The lowest BCUT2D eigenvalue weighted by molar-refractivity contribution is -0.137. The van der Waals surface area contributed by atoms with Gasteiger partial charge in [0.2, 0.25) is 5.91 Å². The summed E-state index contributed by atoms with van der Waals surface area (Å²) in [6, 6.07) is 7.53. The molecule has 0 spiro atoms. The molecule has 0 bridgehead atoms. The molecule has 1 N–H and O–H groups in total. The first-order valence-electron chi connectivity index (χ1n) is 11.1. The van der Waals surface area contributed by atoms with Gasteiger partial charge in [0.25, 0.3) is 0 Å². The minimum Gasteiger partial charge on any atom is -0.370 e. The lowest BCUT2D eigenvalue weighted by atomic mass is 10.1. The fourth-order valence-corrected chi connectivity index (χ4v) is 4.90. The van der Waals surface area contributed by atoms with Gasteiger partial charge in [0, 0.05) is 37.1 Å². The maximum absolute atomic E-state index is 13.3. The maximum Gasteiger partial charge on any atom is 0.416 e. The van der Waals surface area contributed by atoms with Crippen molar-refractivity contribution in [2.24, 2.45) is 0 Å². The first-order valence-corrected chi connectivity index (χ1v) is 12.1. The second kappa shape index (κ2) is 9.28. The minimum absolute atomic E-state index is 0.0108. The summed E-state index contributed by atoms with van der Waals surface area (Å²) in [6.45, 7) is 1.51. The summed E-state index contributed by atoms with van der Waals surface area (Å²) in [7, 11) is 0. The molecule has 0 atom stereocenters. The van der Waals surface area contributed by atoms with Crippen LogP contribution in [0.4, 0.5) is 24.5 Å². The standard InChI is InChI=1S/C23H23F3N6OS/c24-23(25,26)16-3-6-19(31-11-1-2-12-31)18(13-16)28-20(33)14-34-22-30-29-21(32(22)17-4-5-17)15-7-9-27-10-8-15/h3,6-10,13,17H,1-2,4-5,11-12,14H2,(H,28,33). The molecular formula is C23H23F3N6OS. The molecule has 1 saturated carbocycles. The lowest BCUT2D eigenvalue weighted by Gasteiger charge is -2.23. The highest BCUT2D eigenvalue weighted by molar-refractivity contribution is 7.99. The molecule has 7 nitrogen and oxygen atoms in total. The van der Waals surface area contributed by atoms with Crippen LogP contribution in [0.15, 0.2) is 47.9 Å². The van der Waals surface area contributed by atoms with Crippen molar-refractivity contribution >= 4 is 29.0 Å². The number of halogens is 3. The zero-order valence-electron chi connectivity index (χ0n) is 18.3. The number of amides is 1. The summed E-state index contributed by atoms with van der Waals surface area (Å²) in [5.74, 6) is 0.347. The highest BCUT2D eigenvalue weighted by Gasteiger charge is 2.32. The van der Waals surface area contributed by atoms with E-state index in [0.29, 0.717) is 10.8 Å². The number of rotatable bonds is 7. The minimum atomic E-state index is -4.48. The van der Waals surface area contributed by atoms with Gasteiger partial charge in [-0.1, -0.05) is 11.8 Å². The van der Waals surface area contributed by atoms with E-state index in [2.05, 4.69) is 20.5 Å². The zero-order chi connectivity index (χ0) is 23.7. The average molecular weight is 489 g/mol. The smallest absolute Gasteiger partial charge is 0.370 e. The Bertz CT molecular complexity index is 1170. The van der Waals surface area contributed by atoms with Crippen LogP contribution in [0.3, 0.4) is 0 Å². The van der Waals surface area contributed by atoms with Crippen LogP contribution in [-0.2, 0) is 11.0 Å². The molecule has 178 valence electrons. The van der Waals surface area contributed by atoms with E-state index in [1.165, 1.54) is 17.8 Å². The Morgan fingerprint density at radius 1 is 1.09 bits per heavy atom. The van der Waals surface area contributed by atoms with E-state index in [-0.39, 0.29) is 23.4 Å². The van der Waals surface area contributed by atoms with E-state index in [9.17, 15) is 18.0 Å². The molecule has 2 fully saturated rings. The average Bonchev–Trinajstić information content (AvgIpc) is 3.33. The number of pyridine rings is 1. The van der Waals surface area contributed by atoms with Crippen molar-refractivity contribution in [2.75, 3.05) is 29.1 Å². The highest BCUT2D eigenvalue weighted by atomic mass is 32.2. The quantitative estimate of drug-likeness (QED) is 0.471. The van der Waals surface area contributed by atoms with E-state index in [4.69, 9.17) is 0 Å². The molecule has 0 radical (unpaired) electrons. The summed E-state index contributed by atoms with van der Waals surface area (Å²) >= 11 is 1.23. The van der Waals surface area contributed by atoms with Gasteiger partial charge in [-0.25, -0.2) is 0 Å². The number of aromatic nitrogens is 4. The molecule has 34 heavy (non-hydrogen) atoms. The van der Waals surface area contributed by atoms with Crippen LogP contribution in [0.1, 0.15) is 37.3 Å². The first kappa shape index (κ1) is 22.7. The van der Waals surface area contributed by atoms with Crippen LogP contribution in [0.25, 0.3) is 11.4 Å². The van der Waals surface area contributed by atoms with Gasteiger partial charge in [0.1, 0.15) is 0 Å². The zero-order valence-corrected chi connectivity index (χ0v) is 19.1. The van der Waals surface area contributed by atoms with Gasteiger partial charge >= 0.3 is 6.18 Å². The van der Waals surface area contributed by atoms with Crippen LogP contribution in [0.5, 0.6) is 0 Å². The second-order valence-electron chi connectivity index (χ2n) is 8.40. The molecular weight excluding hydrogens is 465 g/mol. The van der Waals surface area contributed by atoms with Crippen molar-refractivity contribution in [1.82, 2.24) is 19.7 Å². The van der Waals surface area contributed by atoms with E-state index in [1.54, 1.807) is 12.4 Å². The summed E-state index contributed by atoms with van der Waals surface area (Å²) < 4.78 is 41.9. The van der Waals surface area contributed by atoms with Crippen LogP contribution in [0.2, 0.25) is 0 Å². The largest absolute Gasteiger partial charge is 0.416 e. The Kier molecular flexibility index (Phi) is 6.20. The number of carbonyl (C=O) groups excluding carboxylic acids is 1. The Morgan fingerprint density at radius 2 is 1.82 bits per heavy atom. The fourth-order valence-electron chi connectivity index (χ4n) is 4.10. The van der Waals surface area contributed by atoms with E-state index >= 15 is 0 Å². The number of benzene rings is 1. The van der Waals surface area contributed by atoms with E-state index in [0.717, 1.165) is 62.3 Å². The molecule has 1 aliphatic carbocycles. The van der Waals surface area contributed by atoms with Gasteiger partial charge in [-0.05, 0) is 56.0 Å². The third-order valence-electron chi connectivity index (χ3n) is 5.89. The van der Waals surface area contributed by atoms with Crippen molar-refractivity contribution < 1.29 is 18.0 Å². The molecule has 2 aliphatic rings. The summed E-state index contributed by atoms with van der Waals surface area (Å²) in [5.41, 5.74) is 0.909. The molecule has 3 aromatic rings. The van der Waals surface area contributed by atoms with Gasteiger partial charge in [-0.3, -0.25) is 14.3 Å². The van der Waals surface area contributed by atoms with E-state index < -0.39 is 11.7 Å². The topological polar surface area (TPSA) is 75.9 Å². The number of thioether (sulfide) groups is 1. The molecule has 0 unspecified atom stereocenters. The molecule has 1 aliphatic heterocycles. The van der Waals surface area contributed by atoms with Gasteiger partial charge in [-0.15, -0.1) is 10.2 Å². The van der Waals surface area contributed by atoms with Crippen LogP contribution in [-0.4, -0.2) is 44.5 Å². The molecule has 2 aromatic heterocycles. The number of anilines is 2. The molecule has 1 saturated heterocycles. The summed E-state index contributed by atoms with van der Waals surface area (Å²) in [4.78, 5) is 18.8. The number of hydrogen-bond donors (Lipinski definition) is 1. The first-order chi connectivity index (χ1) is 16.4. The van der Waals surface area contributed by atoms with Crippen molar-refractivity contribution in [3.8, 4) is 11.4 Å². The summed E-state index contributed by atoms with van der Waals surface area (Å²) in [5, 5.41) is 11.9. The number of nitrogens with zero attached hydrogens (tertiary/aromatic N) is 5. The number of carbonyl (C=O) groups is 1. The van der Waals surface area contributed by atoms with Gasteiger partial charge in [0.15, 0.2) is 11.0 Å². The monoisotopic (exact) mass is 488 g/mol. The maximum atomic E-state index is 13.3. The van der Waals surface area contributed by atoms with Gasteiger partial charge in [0.05, 0.1) is 22.7 Å². The normalized spacial score (nSPS) is 16.1. The molecule has 11 heteroatoms. The predicted molar refractivity (Wildman–Crippen MR) is 124 cm³/mol. The number of nitrogens with one attached hydrogen (secondary N) is 1. The Balaban J connectivity index is 1.33. The Hall–Kier alpha value is -3.08.